The molecule has 6 aliphatic rings. The Bertz CT molecular complexity index is 452. The molecule has 4 fully saturated rings. The number of carbonyl (C=O) groups excluding carboxylic acids is 2. The highest BCUT2D eigenvalue weighted by molar-refractivity contribution is 5.97. The first-order valence-electron chi connectivity index (χ1n) is 7.19. The Morgan fingerprint density at radius 2 is 1.39 bits per heavy atom. The molecule has 2 unspecified atom stereocenters. The highest BCUT2D eigenvalue weighted by Gasteiger charge is 2.66. The molecule has 1 heterocycles. The number of hydrogen-bond acceptors (Lipinski definition) is 3. The minimum absolute atomic E-state index is 0.145. The predicted octanol–water partition coefficient (Wildman–Crippen LogP) is 1.78. The van der Waals surface area contributed by atoms with E-state index in [0.29, 0.717) is 23.7 Å². The van der Waals surface area contributed by atoms with E-state index in [4.69, 9.17) is 4.74 Å². The summed E-state index contributed by atoms with van der Waals surface area (Å²) in [6.07, 6.45) is 8.47. The molecule has 0 N–H and O–H groups in total. The van der Waals surface area contributed by atoms with Gasteiger partial charge in [-0.05, 0) is 54.8 Å². The Labute approximate surface area is 106 Å². The van der Waals surface area contributed by atoms with E-state index < -0.39 is 0 Å². The number of ether oxygens (including phenoxy) is 1. The average molecular weight is 244 g/mol. The largest absolute Gasteiger partial charge is 0.393 e. The topological polar surface area (TPSA) is 43.4 Å². The van der Waals surface area contributed by atoms with Crippen LogP contribution in [0.4, 0.5) is 0 Å². The molecule has 6 rings (SSSR count). The molecule has 0 aromatic rings. The van der Waals surface area contributed by atoms with E-state index in [1.54, 1.807) is 0 Å². The number of cyclic esters (lactones) is 2. The van der Waals surface area contributed by atoms with Gasteiger partial charge in [-0.1, -0.05) is 12.2 Å². The van der Waals surface area contributed by atoms with E-state index in [2.05, 4.69) is 12.2 Å². The molecule has 4 bridgehead atoms. The summed E-state index contributed by atoms with van der Waals surface area (Å²) in [5.41, 5.74) is 0. The number of fused-ring (bicyclic) bond motifs is 2. The standard InChI is InChI=1S/C15H16O3/c16-14-12-8-3-4-9(13(12)15(17)18-14)11-7-2-1-6(5-7)10(8)11/h3-4,6-13H,1-2,5H2/t6-,7+,8+,9-,10?,11?,12+,13-. The van der Waals surface area contributed by atoms with Gasteiger partial charge in [-0.2, -0.15) is 0 Å². The fraction of sp³-hybridized carbons (Fsp3) is 0.733. The van der Waals surface area contributed by atoms with Gasteiger partial charge >= 0.3 is 11.9 Å². The third-order valence-corrected chi connectivity index (χ3v) is 6.45. The normalized spacial score (nSPS) is 58.9. The molecule has 0 amide bonds. The van der Waals surface area contributed by atoms with Gasteiger partial charge in [-0.25, -0.2) is 0 Å². The lowest BCUT2D eigenvalue weighted by Crippen LogP contribution is -2.51. The van der Waals surface area contributed by atoms with Crippen molar-refractivity contribution < 1.29 is 14.3 Å². The Morgan fingerprint density at radius 3 is 1.89 bits per heavy atom. The fourth-order valence-electron chi connectivity index (χ4n) is 6.08. The van der Waals surface area contributed by atoms with Crippen LogP contribution in [0.15, 0.2) is 12.2 Å². The van der Waals surface area contributed by atoms with Gasteiger partial charge in [0.15, 0.2) is 0 Å². The molecule has 0 aromatic carbocycles. The van der Waals surface area contributed by atoms with E-state index >= 15 is 0 Å². The zero-order chi connectivity index (χ0) is 12.0. The zero-order valence-corrected chi connectivity index (χ0v) is 10.1. The van der Waals surface area contributed by atoms with Crippen LogP contribution >= 0.6 is 0 Å². The highest BCUT2D eigenvalue weighted by atomic mass is 16.6. The van der Waals surface area contributed by atoms with Crippen LogP contribution in [0.1, 0.15) is 19.3 Å². The van der Waals surface area contributed by atoms with Crippen molar-refractivity contribution in [2.24, 2.45) is 47.3 Å². The molecule has 18 heavy (non-hydrogen) atoms. The van der Waals surface area contributed by atoms with Crippen molar-refractivity contribution >= 4 is 11.9 Å². The molecule has 1 aliphatic heterocycles. The van der Waals surface area contributed by atoms with Crippen molar-refractivity contribution in [3.8, 4) is 0 Å². The molecular formula is C15H16O3. The summed E-state index contributed by atoms with van der Waals surface area (Å²) >= 11 is 0. The van der Waals surface area contributed by atoms with Gasteiger partial charge in [0.25, 0.3) is 0 Å². The summed E-state index contributed by atoms with van der Waals surface area (Å²) in [5.74, 6) is 2.75. The number of allylic oxidation sites excluding steroid dienone is 2. The van der Waals surface area contributed by atoms with Gasteiger partial charge < -0.3 is 4.74 Å². The summed E-state index contributed by atoms with van der Waals surface area (Å²) in [6.45, 7) is 0. The second-order valence-corrected chi connectivity index (χ2v) is 6.82. The van der Waals surface area contributed by atoms with Gasteiger partial charge in [0, 0.05) is 0 Å². The Hall–Kier alpha value is -1.12. The van der Waals surface area contributed by atoms with E-state index in [1.807, 2.05) is 0 Å². The predicted molar refractivity (Wildman–Crippen MR) is 62.0 cm³/mol. The van der Waals surface area contributed by atoms with Crippen LogP contribution in [-0.4, -0.2) is 11.9 Å². The van der Waals surface area contributed by atoms with Crippen LogP contribution < -0.4 is 0 Å². The second-order valence-electron chi connectivity index (χ2n) is 6.82. The molecule has 0 spiro atoms. The van der Waals surface area contributed by atoms with E-state index in [1.165, 1.54) is 19.3 Å². The quantitative estimate of drug-likeness (QED) is 0.370. The Morgan fingerprint density at radius 1 is 0.889 bits per heavy atom. The summed E-state index contributed by atoms with van der Waals surface area (Å²) in [5, 5.41) is 0. The molecule has 0 radical (unpaired) electrons. The van der Waals surface area contributed by atoms with Crippen molar-refractivity contribution in [1.82, 2.24) is 0 Å². The lowest BCUT2D eigenvalue weighted by Gasteiger charge is -2.51. The maximum Gasteiger partial charge on any atom is 0.318 e. The Kier molecular flexibility index (Phi) is 1.57. The molecule has 5 aliphatic carbocycles. The molecule has 0 aromatic heterocycles. The molecule has 1 saturated heterocycles. The van der Waals surface area contributed by atoms with Crippen molar-refractivity contribution in [2.75, 3.05) is 0 Å². The first kappa shape index (κ1) is 9.76. The van der Waals surface area contributed by atoms with Crippen molar-refractivity contribution in [3.05, 3.63) is 12.2 Å². The van der Waals surface area contributed by atoms with Crippen LogP contribution in [0.5, 0.6) is 0 Å². The van der Waals surface area contributed by atoms with Crippen molar-refractivity contribution in [3.63, 3.8) is 0 Å². The second kappa shape index (κ2) is 2.89. The average Bonchev–Trinajstić information content (AvgIpc) is 3.06. The number of carbonyl (C=O) groups is 2. The molecule has 3 nitrogen and oxygen atoms in total. The summed E-state index contributed by atoms with van der Waals surface area (Å²) < 4.78 is 4.93. The van der Waals surface area contributed by atoms with Crippen LogP contribution in [-0.2, 0) is 14.3 Å². The first-order chi connectivity index (χ1) is 8.75. The number of esters is 2. The molecular weight excluding hydrogens is 228 g/mol. The minimum atomic E-state index is -0.245. The summed E-state index contributed by atoms with van der Waals surface area (Å²) in [6, 6.07) is 0. The molecule has 8 atom stereocenters. The fourth-order valence-corrected chi connectivity index (χ4v) is 6.08. The summed E-state index contributed by atoms with van der Waals surface area (Å²) in [7, 11) is 0. The maximum absolute atomic E-state index is 11.9. The van der Waals surface area contributed by atoms with Gasteiger partial charge in [0.05, 0.1) is 11.8 Å². The van der Waals surface area contributed by atoms with Crippen LogP contribution in [0, 0.1) is 47.3 Å². The highest BCUT2D eigenvalue weighted by Crippen LogP contribution is 2.66. The Balaban J connectivity index is 1.66. The van der Waals surface area contributed by atoms with Crippen LogP contribution in [0.3, 0.4) is 0 Å². The van der Waals surface area contributed by atoms with Gasteiger partial charge in [-0.3, -0.25) is 9.59 Å². The molecule has 3 saturated carbocycles. The van der Waals surface area contributed by atoms with Crippen LogP contribution in [0.25, 0.3) is 0 Å². The number of hydrogen-bond donors (Lipinski definition) is 0. The van der Waals surface area contributed by atoms with Gasteiger partial charge in [-0.15, -0.1) is 0 Å². The molecule has 3 heteroatoms. The van der Waals surface area contributed by atoms with Gasteiger partial charge in [0.1, 0.15) is 0 Å². The van der Waals surface area contributed by atoms with E-state index in [9.17, 15) is 9.59 Å². The zero-order valence-electron chi connectivity index (χ0n) is 10.1. The van der Waals surface area contributed by atoms with Crippen molar-refractivity contribution in [1.29, 1.82) is 0 Å². The molecule has 94 valence electrons. The lowest BCUT2D eigenvalue weighted by atomic mass is 9.51. The third-order valence-electron chi connectivity index (χ3n) is 6.45. The maximum atomic E-state index is 11.9. The number of rotatable bonds is 0. The van der Waals surface area contributed by atoms with Gasteiger partial charge in [0.2, 0.25) is 0 Å². The minimum Gasteiger partial charge on any atom is -0.393 e. The van der Waals surface area contributed by atoms with Crippen molar-refractivity contribution in [2.45, 2.75) is 19.3 Å². The van der Waals surface area contributed by atoms with E-state index in [0.717, 1.165) is 11.8 Å². The smallest absolute Gasteiger partial charge is 0.318 e. The van der Waals surface area contributed by atoms with E-state index in [-0.39, 0.29) is 23.8 Å². The first-order valence-corrected chi connectivity index (χ1v) is 7.19. The van der Waals surface area contributed by atoms with Crippen LogP contribution in [0.2, 0.25) is 0 Å². The monoisotopic (exact) mass is 244 g/mol. The third kappa shape index (κ3) is 0.886. The SMILES string of the molecule is O=C1OC(=O)[C@H]2[C@@H]1[C@H]1C=C[C@@H]2C2C1[C@@H]1CC[C@H]2C1. The lowest BCUT2D eigenvalue weighted by molar-refractivity contribution is -0.154. The summed E-state index contributed by atoms with van der Waals surface area (Å²) in [4.78, 5) is 23.9.